The zero-order valence-corrected chi connectivity index (χ0v) is 12.7. The van der Waals surface area contributed by atoms with E-state index in [0.717, 1.165) is 0 Å². The Kier molecular flexibility index (Phi) is 3.80. The van der Waals surface area contributed by atoms with Gasteiger partial charge in [-0.2, -0.15) is 0 Å². The van der Waals surface area contributed by atoms with Crippen molar-refractivity contribution in [2.75, 3.05) is 0 Å². The van der Waals surface area contributed by atoms with Gasteiger partial charge in [0, 0.05) is 5.41 Å². The van der Waals surface area contributed by atoms with E-state index in [2.05, 4.69) is 83.1 Å². The molecule has 0 radical (unpaired) electrons. The predicted octanol–water partition coefficient (Wildman–Crippen LogP) is 5.27. The Balaban J connectivity index is 2.54. The molecular formula is C19H24. The van der Waals surface area contributed by atoms with Crippen LogP contribution < -0.4 is 0 Å². The average Bonchev–Trinajstić information content (AvgIpc) is 2.39. The second kappa shape index (κ2) is 5.21. The summed E-state index contributed by atoms with van der Waals surface area (Å²) in [5.74, 6) is 0.554. The molecular weight excluding hydrogens is 228 g/mol. The van der Waals surface area contributed by atoms with Crippen molar-refractivity contribution in [3.63, 3.8) is 0 Å². The minimum absolute atomic E-state index is 0.0708. The van der Waals surface area contributed by atoms with Crippen molar-refractivity contribution in [2.45, 2.75) is 40.0 Å². The van der Waals surface area contributed by atoms with Crippen molar-refractivity contribution >= 4 is 0 Å². The number of hydrogen-bond acceptors (Lipinski definition) is 0. The second-order valence-corrected chi connectivity index (χ2v) is 6.09. The summed E-state index contributed by atoms with van der Waals surface area (Å²) >= 11 is 0. The zero-order chi connectivity index (χ0) is 14.0. The monoisotopic (exact) mass is 252 g/mol. The Morgan fingerprint density at radius 1 is 0.684 bits per heavy atom. The van der Waals surface area contributed by atoms with Gasteiger partial charge in [-0.3, -0.25) is 0 Å². The van der Waals surface area contributed by atoms with Crippen LogP contribution in [-0.4, -0.2) is 0 Å². The third kappa shape index (κ3) is 2.58. The molecule has 0 saturated carbocycles. The summed E-state index contributed by atoms with van der Waals surface area (Å²) in [5.41, 5.74) is 5.51. The number of hydrogen-bond donors (Lipinski definition) is 0. The fraction of sp³-hybridized carbons (Fsp3) is 0.368. The van der Waals surface area contributed by atoms with Crippen LogP contribution >= 0.6 is 0 Å². The summed E-state index contributed by atoms with van der Waals surface area (Å²) in [4.78, 5) is 0. The molecule has 0 heterocycles. The fourth-order valence-electron chi connectivity index (χ4n) is 2.63. The first kappa shape index (κ1) is 13.9. The smallest absolute Gasteiger partial charge is 0.0197 e. The van der Waals surface area contributed by atoms with Gasteiger partial charge in [0.2, 0.25) is 0 Å². The Morgan fingerprint density at radius 2 is 1.00 bits per heavy atom. The van der Waals surface area contributed by atoms with Crippen LogP contribution in [0, 0.1) is 19.8 Å². The minimum Gasteiger partial charge on any atom is -0.0616 e. The molecule has 0 spiro atoms. The first-order valence-corrected chi connectivity index (χ1v) is 7.09. The van der Waals surface area contributed by atoms with Gasteiger partial charge in [0.15, 0.2) is 0 Å². The topological polar surface area (TPSA) is 0 Å². The molecule has 0 nitrogen and oxygen atoms in total. The van der Waals surface area contributed by atoms with Crippen LogP contribution in [0.1, 0.15) is 43.0 Å². The van der Waals surface area contributed by atoms with Gasteiger partial charge in [-0.1, -0.05) is 80.4 Å². The highest BCUT2D eigenvalue weighted by Gasteiger charge is 2.32. The van der Waals surface area contributed by atoms with Gasteiger partial charge in [-0.15, -0.1) is 0 Å². The molecule has 2 aromatic rings. The maximum atomic E-state index is 2.35. The molecule has 100 valence electrons. The van der Waals surface area contributed by atoms with Gasteiger partial charge < -0.3 is 0 Å². The summed E-state index contributed by atoms with van der Waals surface area (Å²) < 4.78 is 0. The molecule has 2 rings (SSSR count). The van der Waals surface area contributed by atoms with E-state index in [1.807, 2.05) is 0 Å². The van der Waals surface area contributed by atoms with Gasteiger partial charge >= 0.3 is 0 Å². The van der Waals surface area contributed by atoms with Crippen LogP contribution in [0.3, 0.4) is 0 Å². The van der Waals surface area contributed by atoms with Crippen molar-refractivity contribution in [3.05, 3.63) is 70.8 Å². The Bertz CT molecular complexity index is 484. The molecule has 0 aliphatic carbocycles. The lowest BCUT2D eigenvalue weighted by Crippen LogP contribution is -2.30. The van der Waals surface area contributed by atoms with Crippen LogP contribution in [0.5, 0.6) is 0 Å². The highest BCUT2D eigenvalue weighted by Crippen LogP contribution is 2.38. The predicted molar refractivity (Wildman–Crippen MR) is 83.7 cm³/mol. The second-order valence-electron chi connectivity index (χ2n) is 6.09. The van der Waals surface area contributed by atoms with Crippen molar-refractivity contribution in [2.24, 2.45) is 5.92 Å². The van der Waals surface area contributed by atoms with E-state index in [0.29, 0.717) is 5.92 Å². The van der Waals surface area contributed by atoms with E-state index in [9.17, 15) is 0 Å². The Morgan fingerprint density at radius 3 is 1.26 bits per heavy atom. The van der Waals surface area contributed by atoms with E-state index in [1.54, 1.807) is 0 Å². The van der Waals surface area contributed by atoms with Gasteiger partial charge in [0.05, 0.1) is 0 Å². The summed E-state index contributed by atoms with van der Waals surface area (Å²) in [6.45, 7) is 11.2. The summed E-state index contributed by atoms with van der Waals surface area (Å²) in [5, 5.41) is 0. The maximum Gasteiger partial charge on any atom is 0.0197 e. The number of aryl methyl sites for hydroxylation is 2. The molecule has 0 aliphatic rings. The van der Waals surface area contributed by atoms with Crippen molar-refractivity contribution < 1.29 is 0 Å². The average molecular weight is 252 g/mol. The molecule has 0 saturated heterocycles. The molecule has 0 aromatic heterocycles. The van der Waals surface area contributed by atoms with Gasteiger partial charge in [-0.05, 0) is 30.9 Å². The van der Waals surface area contributed by atoms with E-state index in [1.165, 1.54) is 22.3 Å². The number of benzene rings is 2. The summed E-state index contributed by atoms with van der Waals surface area (Å²) in [6, 6.07) is 17.9. The van der Waals surface area contributed by atoms with Crippen LogP contribution in [0.15, 0.2) is 48.5 Å². The molecule has 0 unspecified atom stereocenters. The first-order chi connectivity index (χ1) is 8.94. The zero-order valence-electron chi connectivity index (χ0n) is 12.7. The minimum atomic E-state index is 0.0708. The summed E-state index contributed by atoms with van der Waals surface area (Å²) in [6.07, 6.45) is 0. The highest BCUT2D eigenvalue weighted by molar-refractivity contribution is 5.41. The van der Waals surface area contributed by atoms with E-state index in [-0.39, 0.29) is 5.41 Å². The SMILES string of the molecule is Cc1ccc(C(C)(c2ccc(C)cc2)C(C)C)cc1. The van der Waals surface area contributed by atoms with E-state index >= 15 is 0 Å². The van der Waals surface area contributed by atoms with Crippen LogP contribution in [0.2, 0.25) is 0 Å². The van der Waals surface area contributed by atoms with Crippen LogP contribution in [0.25, 0.3) is 0 Å². The normalized spacial score (nSPS) is 11.9. The fourth-order valence-corrected chi connectivity index (χ4v) is 2.63. The molecule has 0 heteroatoms. The standard InChI is InChI=1S/C19H24/c1-14(2)19(5,17-10-6-15(3)7-11-17)18-12-8-16(4)9-13-18/h6-14H,1-5H3. The van der Waals surface area contributed by atoms with Gasteiger partial charge in [0.25, 0.3) is 0 Å². The van der Waals surface area contributed by atoms with Crippen molar-refractivity contribution in [3.8, 4) is 0 Å². The molecule has 0 atom stereocenters. The quantitative estimate of drug-likeness (QED) is 0.698. The molecule has 19 heavy (non-hydrogen) atoms. The molecule has 0 amide bonds. The first-order valence-electron chi connectivity index (χ1n) is 7.09. The van der Waals surface area contributed by atoms with Crippen molar-refractivity contribution in [1.29, 1.82) is 0 Å². The molecule has 2 aromatic carbocycles. The Hall–Kier alpha value is -1.56. The third-order valence-corrected chi connectivity index (χ3v) is 4.46. The van der Waals surface area contributed by atoms with Gasteiger partial charge in [0.1, 0.15) is 0 Å². The Labute approximate surface area is 117 Å². The highest BCUT2D eigenvalue weighted by atomic mass is 14.3. The molecule has 0 fully saturated rings. The summed E-state index contributed by atoms with van der Waals surface area (Å²) in [7, 11) is 0. The molecule has 0 bridgehead atoms. The third-order valence-electron chi connectivity index (χ3n) is 4.46. The van der Waals surface area contributed by atoms with E-state index < -0.39 is 0 Å². The molecule has 0 aliphatic heterocycles. The lowest BCUT2D eigenvalue weighted by atomic mass is 9.68. The van der Waals surface area contributed by atoms with Crippen molar-refractivity contribution in [1.82, 2.24) is 0 Å². The molecule has 0 N–H and O–H groups in total. The number of rotatable bonds is 3. The lowest BCUT2D eigenvalue weighted by Gasteiger charge is -2.35. The van der Waals surface area contributed by atoms with Crippen LogP contribution in [-0.2, 0) is 5.41 Å². The van der Waals surface area contributed by atoms with Gasteiger partial charge in [-0.25, -0.2) is 0 Å². The lowest BCUT2D eigenvalue weighted by molar-refractivity contribution is 0.405. The van der Waals surface area contributed by atoms with Crippen LogP contribution in [0.4, 0.5) is 0 Å². The maximum absolute atomic E-state index is 2.35. The van der Waals surface area contributed by atoms with E-state index in [4.69, 9.17) is 0 Å². The largest absolute Gasteiger partial charge is 0.0616 e.